The third-order valence-electron chi connectivity index (χ3n) is 5.35. The first-order chi connectivity index (χ1) is 13.8. The van der Waals surface area contributed by atoms with Gasteiger partial charge in [0.2, 0.25) is 5.91 Å². The Morgan fingerprint density at radius 3 is 2.41 bits per heavy atom. The molecule has 1 aromatic carbocycles. The molecule has 8 heteroatoms. The second-order valence-corrected chi connectivity index (χ2v) is 9.22. The van der Waals surface area contributed by atoms with Gasteiger partial charge < -0.3 is 4.90 Å². The minimum Gasteiger partial charge on any atom is -0.341 e. The highest BCUT2D eigenvalue weighted by atomic mass is 35.5. The molecule has 6 nitrogen and oxygen atoms in total. The van der Waals surface area contributed by atoms with Crippen LogP contribution in [-0.4, -0.2) is 33.0 Å². The molecular weight excluding hydrogens is 410 g/mol. The van der Waals surface area contributed by atoms with E-state index in [2.05, 4.69) is 13.8 Å². The molecule has 1 amide bonds. The largest absolute Gasteiger partial charge is 0.341 e. The summed E-state index contributed by atoms with van der Waals surface area (Å²) in [6.07, 6.45) is 1.10. The van der Waals surface area contributed by atoms with Gasteiger partial charge in [0, 0.05) is 18.1 Å². The normalized spacial score (nSPS) is 19.6. The van der Waals surface area contributed by atoms with E-state index in [0.29, 0.717) is 45.9 Å². The second-order valence-electron chi connectivity index (χ2n) is 7.87. The summed E-state index contributed by atoms with van der Waals surface area (Å²) < 4.78 is 2.98. The number of nitrogens with zero attached hydrogens (tertiary/aromatic N) is 3. The quantitative estimate of drug-likeness (QED) is 0.638. The highest BCUT2D eigenvalue weighted by Gasteiger charge is 2.26. The van der Waals surface area contributed by atoms with Gasteiger partial charge in [0.05, 0.1) is 11.2 Å². The zero-order chi connectivity index (χ0) is 20.7. The van der Waals surface area contributed by atoms with Crippen LogP contribution < -0.4 is 11.2 Å². The molecule has 3 aromatic rings. The lowest BCUT2D eigenvalue weighted by molar-refractivity contribution is -0.134. The lowest BCUT2D eigenvalue weighted by Crippen LogP contribution is -2.46. The number of hydrogen-bond donors (Lipinski definition) is 0. The number of likely N-dealkylation sites (tertiary alicyclic amines) is 1. The SMILES string of the molecule is C[C@H]1C[C@H](C)CN(C(=O)Cn2c(=O)n(-c3ccc(Cl)cc3)c(=O)c3sccc32)C1. The zero-order valence-electron chi connectivity index (χ0n) is 16.3. The van der Waals surface area contributed by atoms with Gasteiger partial charge in [-0.15, -0.1) is 11.3 Å². The Labute approximate surface area is 176 Å². The summed E-state index contributed by atoms with van der Waals surface area (Å²) in [6.45, 7) is 5.59. The van der Waals surface area contributed by atoms with Crippen LogP contribution in [0.3, 0.4) is 0 Å². The van der Waals surface area contributed by atoms with Gasteiger partial charge in [-0.2, -0.15) is 0 Å². The van der Waals surface area contributed by atoms with E-state index in [1.807, 2.05) is 4.90 Å². The van der Waals surface area contributed by atoms with Crippen molar-refractivity contribution in [2.45, 2.75) is 26.8 Å². The molecule has 2 aromatic heterocycles. The number of hydrogen-bond acceptors (Lipinski definition) is 4. The van der Waals surface area contributed by atoms with Crippen molar-refractivity contribution in [3.05, 3.63) is 61.6 Å². The first kappa shape index (κ1) is 19.9. The molecule has 0 aliphatic carbocycles. The predicted molar refractivity (Wildman–Crippen MR) is 116 cm³/mol. The third kappa shape index (κ3) is 3.76. The molecule has 29 heavy (non-hydrogen) atoms. The van der Waals surface area contributed by atoms with Crippen molar-refractivity contribution in [2.24, 2.45) is 11.8 Å². The van der Waals surface area contributed by atoms with Crippen LogP contribution in [0.4, 0.5) is 0 Å². The van der Waals surface area contributed by atoms with Gasteiger partial charge in [0.25, 0.3) is 5.56 Å². The Kier molecular flexibility index (Phi) is 5.36. The summed E-state index contributed by atoms with van der Waals surface area (Å²) >= 11 is 7.22. The average Bonchev–Trinajstić information content (AvgIpc) is 3.16. The number of amides is 1. The third-order valence-corrected chi connectivity index (χ3v) is 6.50. The second kappa shape index (κ2) is 7.80. The van der Waals surface area contributed by atoms with Crippen molar-refractivity contribution >= 4 is 39.1 Å². The Morgan fingerprint density at radius 2 is 1.76 bits per heavy atom. The molecule has 152 valence electrons. The van der Waals surface area contributed by atoms with Gasteiger partial charge in [-0.05, 0) is 54.0 Å². The first-order valence-electron chi connectivity index (χ1n) is 9.62. The van der Waals surface area contributed by atoms with Crippen molar-refractivity contribution in [3.8, 4) is 5.69 Å². The van der Waals surface area contributed by atoms with E-state index in [1.54, 1.807) is 35.7 Å². The van der Waals surface area contributed by atoms with Crippen molar-refractivity contribution in [1.29, 1.82) is 0 Å². The molecule has 1 saturated heterocycles. The van der Waals surface area contributed by atoms with Gasteiger partial charge in [0.15, 0.2) is 0 Å². The standard InChI is InChI=1S/C21H22ClN3O3S/c1-13-9-14(2)11-23(10-13)18(26)12-24-17-7-8-29-19(17)20(27)25(21(24)28)16-5-3-15(22)4-6-16/h3-8,13-14H,9-12H2,1-2H3/t13-,14-/m0/s1. The minimum atomic E-state index is -0.519. The van der Waals surface area contributed by atoms with Crippen molar-refractivity contribution < 1.29 is 4.79 Å². The van der Waals surface area contributed by atoms with Gasteiger partial charge in [-0.1, -0.05) is 25.4 Å². The summed E-state index contributed by atoms with van der Waals surface area (Å²) in [6, 6.07) is 8.25. The Morgan fingerprint density at radius 1 is 1.10 bits per heavy atom. The molecule has 0 spiro atoms. The molecule has 0 N–H and O–H groups in total. The van der Waals surface area contributed by atoms with Crippen molar-refractivity contribution in [2.75, 3.05) is 13.1 Å². The van der Waals surface area contributed by atoms with E-state index < -0.39 is 5.69 Å². The first-order valence-corrected chi connectivity index (χ1v) is 10.9. The van der Waals surface area contributed by atoms with E-state index in [-0.39, 0.29) is 18.0 Å². The van der Waals surface area contributed by atoms with Gasteiger partial charge in [0.1, 0.15) is 11.2 Å². The van der Waals surface area contributed by atoms with E-state index in [0.717, 1.165) is 11.0 Å². The fourth-order valence-electron chi connectivity index (χ4n) is 4.16. The highest BCUT2D eigenvalue weighted by Crippen LogP contribution is 2.22. The van der Waals surface area contributed by atoms with Crippen LogP contribution in [0.5, 0.6) is 0 Å². The topological polar surface area (TPSA) is 64.3 Å². The summed E-state index contributed by atoms with van der Waals surface area (Å²) in [5.41, 5.74) is 0.0312. The van der Waals surface area contributed by atoms with Crippen LogP contribution >= 0.6 is 22.9 Å². The number of halogens is 1. The molecule has 1 aliphatic heterocycles. The Balaban J connectivity index is 1.79. The molecule has 0 bridgehead atoms. The van der Waals surface area contributed by atoms with Crippen LogP contribution in [0.25, 0.3) is 15.9 Å². The van der Waals surface area contributed by atoms with Crippen LogP contribution in [0.2, 0.25) is 5.02 Å². The van der Waals surface area contributed by atoms with E-state index in [4.69, 9.17) is 11.6 Å². The minimum absolute atomic E-state index is 0.0840. The van der Waals surface area contributed by atoms with Crippen LogP contribution in [0.1, 0.15) is 20.3 Å². The fourth-order valence-corrected chi connectivity index (χ4v) is 5.11. The molecule has 3 heterocycles. The smallest absolute Gasteiger partial charge is 0.336 e. The number of fused-ring (bicyclic) bond motifs is 1. The lowest BCUT2D eigenvalue weighted by Gasteiger charge is -2.35. The maximum absolute atomic E-state index is 13.3. The molecule has 4 rings (SSSR count). The molecule has 2 atom stereocenters. The fraction of sp³-hybridized carbons (Fsp3) is 0.381. The predicted octanol–water partition coefficient (Wildman–Crippen LogP) is 3.37. The average molecular weight is 432 g/mol. The number of thiophene rings is 1. The van der Waals surface area contributed by atoms with Gasteiger partial charge in [-0.25, -0.2) is 9.36 Å². The van der Waals surface area contributed by atoms with Gasteiger partial charge >= 0.3 is 5.69 Å². The maximum Gasteiger partial charge on any atom is 0.336 e. The molecule has 0 saturated carbocycles. The van der Waals surface area contributed by atoms with E-state index >= 15 is 0 Å². The lowest BCUT2D eigenvalue weighted by atomic mass is 9.92. The van der Waals surface area contributed by atoms with E-state index in [9.17, 15) is 14.4 Å². The summed E-state index contributed by atoms with van der Waals surface area (Å²) in [7, 11) is 0. The number of carbonyl (C=O) groups excluding carboxylic acids is 1. The monoisotopic (exact) mass is 431 g/mol. The molecule has 1 fully saturated rings. The van der Waals surface area contributed by atoms with Crippen molar-refractivity contribution in [1.82, 2.24) is 14.0 Å². The number of benzene rings is 1. The molecule has 0 unspecified atom stereocenters. The highest BCUT2D eigenvalue weighted by molar-refractivity contribution is 7.17. The Hall–Kier alpha value is -2.38. The van der Waals surface area contributed by atoms with Crippen molar-refractivity contribution in [3.63, 3.8) is 0 Å². The Bertz CT molecular complexity index is 1170. The van der Waals surface area contributed by atoms with Crippen LogP contribution in [-0.2, 0) is 11.3 Å². The van der Waals surface area contributed by atoms with Gasteiger partial charge in [-0.3, -0.25) is 14.2 Å². The molecule has 0 radical (unpaired) electrons. The van der Waals surface area contributed by atoms with E-state index in [1.165, 1.54) is 15.9 Å². The number of carbonyl (C=O) groups is 1. The molecular formula is C21H22ClN3O3S. The zero-order valence-corrected chi connectivity index (χ0v) is 17.9. The summed E-state index contributed by atoms with van der Waals surface area (Å²) in [5.74, 6) is 0.770. The summed E-state index contributed by atoms with van der Waals surface area (Å²) in [5, 5.41) is 2.28. The molecule has 1 aliphatic rings. The number of piperidine rings is 1. The number of rotatable bonds is 3. The number of aromatic nitrogens is 2. The maximum atomic E-state index is 13.3. The summed E-state index contributed by atoms with van der Waals surface area (Å²) in [4.78, 5) is 41.1. The van der Waals surface area contributed by atoms with Crippen LogP contribution in [0, 0.1) is 11.8 Å². The van der Waals surface area contributed by atoms with Crippen LogP contribution in [0.15, 0.2) is 45.3 Å².